The quantitative estimate of drug-likeness (QED) is 0.591. The predicted octanol–water partition coefficient (Wildman–Crippen LogP) is 4.01. The number of phenolic OH excluding ortho intramolecular Hbond substituents is 1. The van der Waals surface area contributed by atoms with Crippen molar-refractivity contribution in [2.45, 2.75) is 6.92 Å². The van der Waals surface area contributed by atoms with Crippen molar-refractivity contribution in [3.05, 3.63) is 76.7 Å². The SMILES string of the molecule is CC(/C=C1\SC(=O)N(CC(=O)Nc2ccccc2O)C1=O)=C\c1ccccc1. The summed E-state index contributed by atoms with van der Waals surface area (Å²) in [7, 11) is 0. The monoisotopic (exact) mass is 394 g/mol. The van der Waals surface area contributed by atoms with Crippen molar-refractivity contribution in [2.24, 2.45) is 0 Å². The normalized spacial score (nSPS) is 16.0. The summed E-state index contributed by atoms with van der Waals surface area (Å²) < 4.78 is 0. The number of anilines is 1. The summed E-state index contributed by atoms with van der Waals surface area (Å²) in [5.74, 6) is -1.17. The topological polar surface area (TPSA) is 86.7 Å². The summed E-state index contributed by atoms with van der Waals surface area (Å²) in [6.07, 6.45) is 3.54. The Morgan fingerprint density at radius 2 is 1.79 bits per heavy atom. The van der Waals surface area contributed by atoms with E-state index in [4.69, 9.17) is 0 Å². The number of benzene rings is 2. The van der Waals surface area contributed by atoms with Gasteiger partial charge in [0, 0.05) is 0 Å². The van der Waals surface area contributed by atoms with Crippen molar-refractivity contribution in [2.75, 3.05) is 11.9 Å². The van der Waals surface area contributed by atoms with E-state index >= 15 is 0 Å². The van der Waals surface area contributed by atoms with Gasteiger partial charge in [0.2, 0.25) is 5.91 Å². The molecule has 0 atom stereocenters. The van der Waals surface area contributed by atoms with E-state index in [2.05, 4.69) is 5.32 Å². The van der Waals surface area contributed by atoms with Gasteiger partial charge in [0.1, 0.15) is 12.3 Å². The van der Waals surface area contributed by atoms with Crippen LogP contribution in [0.5, 0.6) is 5.75 Å². The number of para-hydroxylation sites is 2. The van der Waals surface area contributed by atoms with Crippen LogP contribution in [-0.2, 0) is 9.59 Å². The smallest absolute Gasteiger partial charge is 0.294 e. The lowest BCUT2D eigenvalue weighted by Gasteiger charge is -2.13. The van der Waals surface area contributed by atoms with Gasteiger partial charge in [0.15, 0.2) is 0 Å². The van der Waals surface area contributed by atoms with Crippen molar-refractivity contribution in [3.63, 3.8) is 0 Å². The highest BCUT2D eigenvalue weighted by Gasteiger charge is 2.36. The first kappa shape index (κ1) is 19.4. The molecule has 0 bridgehead atoms. The van der Waals surface area contributed by atoms with Gasteiger partial charge in [0.25, 0.3) is 11.1 Å². The number of nitrogens with one attached hydrogen (secondary N) is 1. The van der Waals surface area contributed by atoms with Crippen LogP contribution in [0.1, 0.15) is 12.5 Å². The number of thioether (sulfide) groups is 1. The standard InChI is InChI=1S/C21H18N2O4S/c1-14(11-15-7-3-2-4-8-15)12-18-20(26)23(21(27)28-18)13-19(25)22-16-9-5-6-10-17(16)24/h2-12,24H,13H2,1H3,(H,22,25)/b14-11+,18-12-. The molecule has 1 aliphatic heterocycles. The summed E-state index contributed by atoms with van der Waals surface area (Å²) in [4.78, 5) is 38.0. The maximum atomic E-state index is 12.5. The highest BCUT2D eigenvalue weighted by Crippen LogP contribution is 2.31. The van der Waals surface area contributed by atoms with Gasteiger partial charge < -0.3 is 10.4 Å². The fourth-order valence-corrected chi connectivity index (χ4v) is 3.50. The molecule has 0 spiro atoms. The second-order valence-corrected chi connectivity index (χ2v) is 7.13. The van der Waals surface area contributed by atoms with Crippen molar-refractivity contribution in [3.8, 4) is 5.75 Å². The molecule has 6 nitrogen and oxygen atoms in total. The number of aromatic hydroxyl groups is 1. The Hall–Kier alpha value is -3.32. The van der Waals surface area contributed by atoms with Crippen LogP contribution >= 0.6 is 11.8 Å². The van der Waals surface area contributed by atoms with Crippen LogP contribution in [0.3, 0.4) is 0 Å². The molecule has 142 valence electrons. The molecule has 1 fully saturated rings. The van der Waals surface area contributed by atoms with Crippen LogP contribution in [-0.4, -0.2) is 33.6 Å². The van der Waals surface area contributed by atoms with Gasteiger partial charge in [-0.25, -0.2) is 0 Å². The van der Waals surface area contributed by atoms with Gasteiger partial charge in [0.05, 0.1) is 10.6 Å². The Kier molecular flexibility index (Phi) is 5.96. The number of imide groups is 1. The number of nitrogens with zero attached hydrogens (tertiary/aromatic N) is 1. The minimum absolute atomic E-state index is 0.0911. The fourth-order valence-electron chi connectivity index (χ4n) is 2.61. The Morgan fingerprint density at radius 1 is 1.11 bits per heavy atom. The Morgan fingerprint density at radius 3 is 2.50 bits per heavy atom. The summed E-state index contributed by atoms with van der Waals surface area (Å²) >= 11 is 0.800. The average Bonchev–Trinajstić information content (AvgIpc) is 2.91. The third kappa shape index (κ3) is 4.69. The summed E-state index contributed by atoms with van der Waals surface area (Å²) in [6, 6.07) is 15.8. The predicted molar refractivity (Wildman–Crippen MR) is 110 cm³/mol. The van der Waals surface area contributed by atoms with Crippen molar-refractivity contribution < 1.29 is 19.5 Å². The number of carbonyl (C=O) groups is 3. The Labute approximate surface area is 166 Å². The molecule has 3 rings (SSSR count). The maximum Gasteiger partial charge on any atom is 0.294 e. The summed E-state index contributed by atoms with van der Waals surface area (Å²) in [6.45, 7) is 1.42. The largest absolute Gasteiger partial charge is 0.506 e. The minimum atomic E-state index is -0.568. The van der Waals surface area contributed by atoms with Crippen LogP contribution in [0.2, 0.25) is 0 Å². The van der Waals surface area contributed by atoms with E-state index in [1.807, 2.05) is 43.3 Å². The van der Waals surface area contributed by atoms with E-state index in [0.29, 0.717) is 0 Å². The molecule has 0 saturated carbocycles. The van der Waals surface area contributed by atoms with E-state index in [1.54, 1.807) is 18.2 Å². The minimum Gasteiger partial charge on any atom is -0.506 e. The molecule has 1 aliphatic rings. The molecule has 2 N–H and O–H groups in total. The molecule has 1 saturated heterocycles. The molecule has 2 aromatic rings. The molecule has 3 amide bonds. The zero-order valence-corrected chi connectivity index (χ0v) is 15.9. The number of phenols is 1. The van der Waals surface area contributed by atoms with E-state index in [1.165, 1.54) is 12.1 Å². The zero-order valence-electron chi connectivity index (χ0n) is 15.1. The molecule has 7 heteroatoms. The van der Waals surface area contributed by atoms with Crippen LogP contribution in [0.4, 0.5) is 10.5 Å². The molecule has 28 heavy (non-hydrogen) atoms. The molecule has 0 unspecified atom stereocenters. The van der Waals surface area contributed by atoms with E-state index in [-0.39, 0.29) is 16.3 Å². The van der Waals surface area contributed by atoms with Crippen LogP contribution in [0.25, 0.3) is 6.08 Å². The fraction of sp³-hybridized carbons (Fsp3) is 0.0952. The van der Waals surface area contributed by atoms with Crippen LogP contribution < -0.4 is 5.32 Å². The molecule has 0 aliphatic carbocycles. The maximum absolute atomic E-state index is 12.5. The van der Waals surface area contributed by atoms with Gasteiger partial charge in [-0.3, -0.25) is 19.3 Å². The van der Waals surface area contributed by atoms with Gasteiger partial charge in [-0.2, -0.15) is 0 Å². The van der Waals surface area contributed by atoms with Crippen LogP contribution in [0, 0.1) is 0 Å². The summed E-state index contributed by atoms with van der Waals surface area (Å²) in [5.41, 5.74) is 2.02. The van der Waals surface area contributed by atoms with Gasteiger partial charge in [-0.15, -0.1) is 0 Å². The number of rotatable bonds is 5. The van der Waals surface area contributed by atoms with Crippen molar-refractivity contribution >= 4 is 40.6 Å². The number of amides is 3. The molecule has 0 aromatic heterocycles. The Bertz CT molecular complexity index is 983. The van der Waals surface area contributed by atoms with Crippen LogP contribution in [0.15, 0.2) is 71.2 Å². The first-order valence-electron chi connectivity index (χ1n) is 8.50. The lowest BCUT2D eigenvalue weighted by atomic mass is 10.1. The molecule has 0 radical (unpaired) electrons. The second kappa shape index (κ2) is 8.58. The average molecular weight is 394 g/mol. The van der Waals surface area contributed by atoms with E-state index in [0.717, 1.165) is 27.8 Å². The van der Waals surface area contributed by atoms with Gasteiger partial charge in [-0.05, 0) is 48.0 Å². The number of hydrogen-bond acceptors (Lipinski definition) is 5. The van der Waals surface area contributed by atoms with Crippen molar-refractivity contribution in [1.29, 1.82) is 0 Å². The molecular weight excluding hydrogens is 376 g/mol. The highest BCUT2D eigenvalue weighted by molar-refractivity contribution is 8.18. The Balaban J connectivity index is 1.68. The van der Waals surface area contributed by atoms with Crippen molar-refractivity contribution in [1.82, 2.24) is 4.90 Å². The summed E-state index contributed by atoms with van der Waals surface area (Å²) in [5, 5.41) is 11.7. The molecule has 2 aromatic carbocycles. The first-order valence-corrected chi connectivity index (χ1v) is 9.32. The molecular formula is C21H18N2O4S. The number of allylic oxidation sites excluding steroid dienone is 2. The number of carbonyl (C=O) groups excluding carboxylic acids is 3. The zero-order chi connectivity index (χ0) is 20.1. The lowest BCUT2D eigenvalue weighted by molar-refractivity contribution is -0.127. The number of hydrogen-bond donors (Lipinski definition) is 2. The first-order chi connectivity index (χ1) is 13.4. The van der Waals surface area contributed by atoms with Gasteiger partial charge >= 0.3 is 0 Å². The van der Waals surface area contributed by atoms with Gasteiger partial charge in [-0.1, -0.05) is 48.5 Å². The third-order valence-electron chi connectivity index (χ3n) is 3.91. The highest BCUT2D eigenvalue weighted by atomic mass is 32.2. The second-order valence-electron chi connectivity index (χ2n) is 6.13. The van der Waals surface area contributed by atoms with E-state index < -0.39 is 23.6 Å². The lowest BCUT2D eigenvalue weighted by Crippen LogP contribution is -2.36. The third-order valence-corrected chi connectivity index (χ3v) is 4.81. The molecule has 1 heterocycles. The van der Waals surface area contributed by atoms with E-state index in [9.17, 15) is 19.5 Å².